The van der Waals surface area contributed by atoms with E-state index in [-0.39, 0.29) is 5.91 Å². The van der Waals surface area contributed by atoms with E-state index in [1.807, 2.05) is 41.3 Å². The van der Waals surface area contributed by atoms with Crippen LogP contribution in [0.15, 0.2) is 54.6 Å². The number of primary amides is 1. The Hall–Kier alpha value is -3.12. The molecule has 5 rings (SSSR count). The molecular formula is C21H16ClN3O3. The van der Waals surface area contributed by atoms with Crippen molar-refractivity contribution in [1.29, 1.82) is 0 Å². The zero-order valence-electron chi connectivity index (χ0n) is 14.7. The Morgan fingerprint density at radius 3 is 2.36 bits per heavy atom. The van der Waals surface area contributed by atoms with Gasteiger partial charge < -0.3 is 10.6 Å². The number of hydrogen-bond acceptors (Lipinski definition) is 4. The topological polar surface area (TPSA) is 83.7 Å². The van der Waals surface area contributed by atoms with Gasteiger partial charge in [-0.1, -0.05) is 42.0 Å². The van der Waals surface area contributed by atoms with Gasteiger partial charge in [0.15, 0.2) is 0 Å². The quantitative estimate of drug-likeness (QED) is 0.793. The van der Waals surface area contributed by atoms with Crippen LogP contribution in [0.4, 0.5) is 11.4 Å². The van der Waals surface area contributed by atoms with E-state index >= 15 is 0 Å². The Kier molecular flexibility index (Phi) is 3.61. The lowest BCUT2D eigenvalue weighted by Crippen LogP contribution is -2.50. The van der Waals surface area contributed by atoms with E-state index in [2.05, 4.69) is 0 Å². The normalized spacial score (nSPS) is 27.6. The van der Waals surface area contributed by atoms with E-state index in [4.69, 9.17) is 17.3 Å². The van der Waals surface area contributed by atoms with Gasteiger partial charge in [-0.3, -0.25) is 14.4 Å². The maximum absolute atomic E-state index is 13.3. The van der Waals surface area contributed by atoms with Crippen molar-refractivity contribution in [1.82, 2.24) is 0 Å². The minimum Gasteiger partial charge on any atom is -0.368 e. The van der Waals surface area contributed by atoms with Crippen molar-refractivity contribution in [3.63, 3.8) is 0 Å². The van der Waals surface area contributed by atoms with Crippen LogP contribution in [0.25, 0.3) is 6.08 Å². The molecule has 140 valence electrons. The summed E-state index contributed by atoms with van der Waals surface area (Å²) < 4.78 is 0. The lowest BCUT2D eigenvalue weighted by molar-refractivity contribution is -0.127. The maximum atomic E-state index is 13.3. The maximum Gasteiger partial charge on any atom is 0.241 e. The van der Waals surface area contributed by atoms with E-state index in [9.17, 15) is 14.4 Å². The third kappa shape index (κ3) is 2.18. The van der Waals surface area contributed by atoms with Crippen molar-refractivity contribution in [2.75, 3.05) is 9.80 Å². The van der Waals surface area contributed by atoms with E-state index in [0.717, 1.165) is 16.2 Å². The summed E-state index contributed by atoms with van der Waals surface area (Å²) in [6.07, 6.45) is 3.82. The number of imide groups is 1. The second-order valence-corrected chi connectivity index (χ2v) is 7.64. The Labute approximate surface area is 166 Å². The van der Waals surface area contributed by atoms with Gasteiger partial charge in [-0.05, 0) is 35.9 Å². The van der Waals surface area contributed by atoms with E-state index < -0.39 is 35.7 Å². The number of rotatable bonds is 2. The van der Waals surface area contributed by atoms with Crippen molar-refractivity contribution >= 4 is 46.8 Å². The van der Waals surface area contributed by atoms with Crippen LogP contribution in [0.2, 0.25) is 5.02 Å². The van der Waals surface area contributed by atoms with Gasteiger partial charge in [0, 0.05) is 10.7 Å². The minimum atomic E-state index is -0.880. The summed E-state index contributed by atoms with van der Waals surface area (Å²) in [6.45, 7) is 0. The Bertz CT molecular complexity index is 1050. The number of anilines is 2. The molecule has 28 heavy (non-hydrogen) atoms. The third-order valence-corrected chi connectivity index (χ3v) is 6.04. The van der Waals surface area contributed by atoms with Gasteiger partial charge in [-0.15, -0.1) is 0 Å². The van der Waals surface area contributed by atoms with Gasteiger partial charge in [0.1, 0.15) is 6.04 Å². The first kappa shape index (κ1) is 17.0. The van der Waals surface area contributed by atoms with Crippen LogP contribution in [0.3, 0.4) is 0 Å². The summed E-state index contributed by atoms with van der Waals surface area (Å²) in [6, 6.07) is 12.8. The molecule has 2 aromatic rings. The number of benzene rings is 2. The first-order valence-electron chi connectivity index (χ1n) is 8.97. The van der Waals surface area contributed by atoms with Crippen LogP contribution in [0.5, 0.6) is 0 Å². The molecule has 4 atom stereocenters. The first-order valence-corrected chi connectivity index (χ1v) is 9.35. The molecule has 0 aromatic heterocycles. The molecule has 0 aliphatic carbocycles. The molecule has 2 N–H and O–H groups in total. The lowest BCUT2D eigenvalue weighted by Gasteiger charge is -2.35. The van der Waals surface area contributed by atoms with Gasteiger partial charge >= 0.3 is 0 Å². The number of carbonyl (C=O) groups excluding carboxylic acids is 3. The summed E-state index contributed by atoms with van der Waals surface area (Å²) in [5.74, 6) is -2.81. The fourth-order valence-electron chi connectivity index (χ4n) is 4.68. The van der Waals surface area contributed by atoms with Crippen molar-refractivity contribution < 1.29 is 14.4 Å². The molecule has 7 heteroatoms. The molecule has 6 nitrogen and oxygen atoms in total. The van der Waals surface area contributed by atoms with Crippen molar-refractivity contribution in [2.24, 2.45) is 17.6 Å². The van der Waals surface area contributed by atoms with E-state index in [1.165, 1.54) is 0 Å². The number of carbonyl (C=O) groups is 3. The summed E-state index contributed by atoms with van der Waals surface area (Å²) >= 11 is 5.93. The Morgan fingerprint density at radius 1 is 0.964 bits per heavy atom. The standard InChI is InChI=1S/C21H16ClN3O3/c22-12-6-8-13(9-7-12)24-20(27)16-15-10-5-11-3-1-2-4-14(11)25(15)18(19(23)26)17(16)21(24)28/h1-10,15-18H,(H2,23,26)/t15-,16+,17-,18-/m0/s1. The predicted octanol–water partition coefficient (Wildman–Crippen LogP) is 2.22. The fraction of sp³-hybridized carbons (Fsp3) is 0.190. The summed E-state index contributed by atoms with van der Waals surface area (Å²) in [5.41, 5.74) is 7.92. The smallest absolute Gasteiger partial charge is 0.241 e. The molecule has 0 unspecified atom stereocenters. The fourth-order valence-corrected chi connectivity index (χ4v) is 4.81. The molecular weight excluding hydrogens is 378 g/mol. The Balaban J connectivity index is 1.62. The average molecular weight is 394 g/mol. The van der Waals surface area contributed by atoms with Crippen LogP contribution >= 0.6 is 11.6 Å². The highest BCUT2D eigenvalue weighted by Crippen LogP contribution is 2.48. The molecule has 0 spiro atoms. The SMILES string of the molecule is NC(=O)[C@@H]1[C@H]2C(=O)N(c3ccc(Cl)cc3)C(=O)[C@@H]2[C@@H]2C=Cc3ccccc3N12. The van der Waals surface area contributed by atoms with E-state index in [0.29, 0.717) is 10.7 Å². The number of para-hydroxylation sites is 1. The number of hydrogen-bond donors (Lipinski definition) is 1. The van der Waals surface area contributed by atoms with Gasteiger partial charge in [0.05, 0.1) is 23.6 Å². The van der Waals surface area contributed by atoms with Crippen LogP contribution < -0.4 is 15.5 Å². The van der Waals surface area contributed by atoms with Gasteiger partial charge in [-0.25, -0.2) is 4.90 Å². The minimum absolute atomic E-state index is 0.319. The largest absolute Gasteiger partial charge is 0.368 e. The molecule has 0 saturated carbocycles. The molecule has 2 fully saturated rings. The van der Waals surface area contributed by atoms with Gasteiger partial charge in [0.2, 0.25) is 17.7 Å². The summed E-state index contributed by atoms with van der Waals surface area (Å²) in [7, 11) is 0. The van der Waals surface area contributed by atoms with Crippen LogP contribution in [-0.2, 0) is 14.4 Å². The number of fused-ring (bicyclic) bond motifs is 5. The van der Waals surface area contributed by atoms with Crippen LogP contribution in [0.1, 0.15) is 5.56 Å². The Morgan fingerprint density at radius 2 is 1.64 bits per heavy atom. The van der Waals surface area contributed by atoms with Gasteiger partial charge in [0.25, 0.3) is 0 Å². The van der Waals surface area contributed by atoms with E-state index in [1.54, 1.807) is 24.3 Å². The first-order chi connectivity index (χ1) is 13.5. The molecule has 3 aliphatic heterocycles. The lowest BCUT2D eigenvalue weighted by atomic mass is 9.88. The molecule has 0 bridgehead atoms. The summed E-state index contributed by atoms with van der Waals surface area (Å²) in [4.78, 5) is 41.9. The number of halogens is 1. The van der Waals surface area contributed by atoms with Crippen molar-refractivity contribution in [3.8, 4) is 0 Å². The molecule has 3 heterocycles. The number of amides is 3. The number of nitrogens with zero attached hydrogens (tertiary/aromatic N) is 2. The molecule has 2 saturated heterocycles. The summed E-state index contributed by atoms with van der Waals surface area (Å²) in [5, 5.41) is 0.510. The molecule has 3 aliphatic rings. The zero-order valence-corrected chi connectivity index (χ0v) is 15.4. The molecule has 3 amide bonds. The van der Waals surface area contributed by atoms with Crippen LogP contribution in [0, 0.1) is 11.8 Å². The third-order valence-electron chi connectivity index (χ3n) is 5.79. The van der Waals surface area contributed by atoms with Crippen molar-refractivity contribution in [2.45, 2.75) is 12.1 Å². The molecule has 0 radical (unpaired) electrons. The zero-order chi connectivity index (χ0) is 19.6. The predicted molar refractivity (Wildman–Crippen MR) is 106 cm³/mol. The van der Waals surface area contributed by atoms with Gasteiger partial charge in [-0.2, -0.15) is 0 Å². The highest BCUT2D eigenvalue weighted by molar-refractivity contribution is 6.31. The highest BCUT2D eigenvalue weighted by atomic mass is 35.5. The monoisotopic (exact) mass is 393 g/mol. The highest BCUT2D eigenvalue weighted by Gasteiger charge is 2.64. The second-order valence-electron chi connectivity index (χ2n) is 7.20. The molecule has 2 aromatic carbocycles. The second kappa shape index (κ2) is 5.94. The van der Waals surface area contributed by atoms with Crippen LogP contribution in [-0.4, -0.2) is 29.8 Å². The number of nitrogens with two attached hydrogens (primary N) is 1. The average Bonchev–Trinajstić information content (AvgIpc) is 3.16. The van der Waals surface area contributed by atoms with Crippen molar-refractivity contribution in [3.05, 3.63) is 65.2 Å².